The maximum atomic E-state index is 5.82. The van der Waals surface area contributed by atoms with E-state index < -0.39 is 0 Å². The predicted molar refractivity (Wildman–Crippen MR) is 76.5 cm³/mol. The van der Waals surface area contributed by atoms with Crippen molar-refractivity contribution in [2.24, 2.45) is 0 Å². The lowest BCUT2D eigenvalue weighted by molar-refractivity contribution is 0.295. The van der Waals surface area contributed by atoms with Gasteiger partial charge in [-0.2, -0.15) is 0 Å². The molecule has 0 aromatic heterocycles. The first kappa shape index (κ1) is 14.7. The van der Waals surface area contributed by atoms with Gasteiger partial charge in [0.25, 0.3) is 0 Å². The summed E-state index contributed by atoms with van der Waals surface area (Å²) in [6, 6.07) is 0.549. The molecule has 0 saturated carbocycles. The SMILES string of the molecule is CNC(C/C(C)=C/C=C(\C)Cl)CN1CCCC1. The van der Waals surface area contributed by atoms with Gasteiger partial charge in [-0.1, -0.05) is 23.3 Å². The number of likely N-dealkylation sites (N-methyl/N-ethyl adjacent to an activating group) is 1. The van der Waals surface area contributed by atoms with Crippen LogP contribution in [0.15, 0.2) is 22.8 Å². The lowest BCUT2D eigenvalue weighted by Gasteiger charge is -2.23. The van der Waals surface area contributed by atoms with Gasteiger partial charge in [0, 0.05) is 17.6 Å². The lowest BCUT2D eigenvalue weighted by atomic mass is 10.1. The van der Waals surface area contributed by atoms with Gasteiger partial charge in [-0.25, -0.2) is 0 Å². The van der Waals surface area contributed by atoms with Crippen molar-refractivity contribution in [3.05, 3.63) is 22.8 Å². The number of halogens is 1. The van der Waals surface area contributed by atoms with Gasteiger partial charge in [0.1, 0.15) is 0 Å². The van der Waals surface area contributed by atoms with Crippen molar-refractivity contribution >= 4 is 11.6 Å². The highest BCUT2D eigenvalue weighted by atomic mass is 35.5. The number of rotatable bonds is 6. The molecule has 0 amide bonds. The Hall–Kier alpha value is -0.310. The van der Waals surface area contributed by atoms with E-state index in [4.69, 9.17) is 11.6 Å². The van der Waals surface area contributed by atoms with E-state index in [0.29, 0.717) is 6.04 Å². The normalized spacial score (nSPS) is 20.9. The fourth-order valence-electron chi connectivity index (χ4n) is 2.25. The molecule has 3 heteroatoms. The molecule has 0 spiro atoms. The Labute approximate surface area is 111 Å². The number of nitrogens with zero attached hydrogens (tertiary/aromatic N) is 1. The summed E-state index contributed by atoms with van der Waals surface area (Å²) in [5.41, 5.74) is 1.38. The quantitative estimate of drug-likeness (QED) is 0.735. The second-order valence-electron chi connectivity index (χ2n) is 4.96. The molecule has 2 nitrogen and oxygen atoms in total. The average molecular weight is 257 g/mol. The van der Waals surface area contributed by atoms with Gasteiger partial charge in [-0.3, -0.25) is 0 Å². The van der Waals surface area contributed by atoms with E-state index in [9.17, 15) is 0 Å². The third-order valence-corrected chi connectivity index (χ3v) is 3.38. The highest BCUT2D eigenvalue weighted by Gasteiger charge is 2.16. The summed E-state index contributed by atoms with van der Waals surface area (Å²) in [4.78, 5) is 2.55. The maximum Gasteiger partial charge on any atom is 0.0229 e. The first-order valence-corrected chi connectivity index (χ1v) is 6.89. The van der Waals surface area contributed by atoms with Crippen molar-refractivity contribution < 1.29 is 0 Å². The molecule has 1 N–H and O–H groups in total. The third kappa shape index (κ3) is 6.25. The van der Waals surface area contributed by atoms with Crippen molar-refractivity contribution in [1.82, 2.24) is 10.2 Å². The molecule has 98 valence electrons. The van der Waals surface area contributed by atoms with Crippen LogP contribution in [0.3, 0.4) is 0 Å². The van der Waals surface area contributed by atoms with Crippen molar-refractivity contribution in [3.63, 3.8) is 0 Å². The molecule has 1 aliphatic heterocycles. The highest BCUT2D eigenvalue weighted by Crippen LogP contribution is 2.12. The molecule has 1 rings (SSSR count). The van der Waals surface area contributed by atoms with Gasteiger partial charge in [0.15, 0.2) is 0 Å². The molecule has 0 aliphatic carbocycles. The van der Waals surface area contributed by atoms with Crippen molar-refractivity contribution in [1.29, 1.82) is 0 Å². The molecule has 0 bridgehead atoms. The smallest absolute Gasteiger partial charge is 0.0229 e. The monoisotopic (exact) mass is 256 g/mol. The summed E-state index contributed by atoms with van der Waals surface area (Å²) in [6.45, 7) is 7.77. The van der Waals surface area contributed by atoms with E-state index >= 15 is 0 Å². The summed E-state index contributed by atoms with van der Waals surface area (Å²) in [5.74, 6) is 0. The summed E-state index contributed by atoms with van der Waals surface area (Å²) < 4.78 is 0. The minimum absolute atomic E-state index is 0.549. The summed E-state index contributed by atoms with van der Waals surface area (Å²) in [5, 5.41) is 4.25. The number of hydrogen-bond donors (Lipinski definition) is 1. The maximum absolute atomic E-state index is 5.82. The van der Waals surface area contributed by atoms with Crippen molar-refractivity contribution in [2.75, 3.05) is 26.7 Å². The standard InChI is InChI=1S/C14H25ClN2/c1-12(6-7-13(2)15)10-14(16-3)11-17-8-4-5-9-17/h6-7,14,16H,4-5,8-11H2,1-3H3/b12-6+,13-7+. The summed E-state index contributed by atoms with van der Waals surface area (Å²) >= 11 is 5.82. The molecule has 0 aromatic carbocycles. The van der Waals surface area contributed by atoms with E-state index in [0.717, 1.165) is 18.0 Å². The minimum atomic E-state index is 0.549. The molecule has 1 atom stereocenters. The van der Waals surface area contributed by atoms with E-state index in [1.807, 2.05) is 13.0 Å². The van der Waals surface area contributed by atoms with Crippen LogP contribution in [0, 0.1) is 0 Å². The van der Waals surface area contributed by atoms with Crippen LogP contribution in [0.5, 0.6) is 0 Å². The van der Waals surface area contributed by atoms with Crippen LogP contribution in [0.2, 0.25) is 0 Å². The van der Waals surface area contributed by atoms with Crippen LogP contribution in [-0.2, 0) is 0 Å². The van der Waals surface area contributed by atoms with Gasteiger partial charge in [-0.15, -0.1) is 0 Å². The first-order chi connectivity index (χ1) is 8.11. The van der Waals surface area contributed by atoms with E-state index in [1.54, 1.807) is 0 Å². The van der Waals surface area contributed by atoms with E-state index in [1.165, 1.54) is 31.5 Å². The molecule has 1 aliphatic rings. The number of likely N-dealkylation sites (tertiary alicyclic amines) is 1. The Morgan fingerprint density at radius 3 is 2.47 bits per heavy atom. The van der Waals surface area contributed by atoms with Crippen molar-refractivity contribution in [3.8, 4) is 0 Å². The molecule has 1 fully saturated rings. The molecular formula is C14H25ClN2. The van der Waals surface area contributed by atoms with Crippen LogP contribution in [-0.4, -0.2) is 37.6 Å². The fourth-order valence-corrected chi connectivity index (χ4v) is 2.31. The fraction of sp³-hybridized carbons (Fsp3) is 0.714. The highest BCUT2D eigenvalue weighted by molar-refractivity contribution is 6.29. The van der Waals surface area contributed by atoms with E-state index in [2.05, 4.69) is 30.3 Å². The first-order valence-electron chi connectivity index (χ1n) is 6.51. The molecule has 0 radical (unpaired) electrons. The number of allylic oxidation sites excluding steroid dienone is 3. The Balaban J connectivity index is 2.39. The largest absolute Gasteiger partial charge is 0.315 e. The topological polar surface area (TPSA) is 15.3 Å². The zero-order chi connectivity index (χ0) is 12.7. The Morgan fingerprint density at radius 1 is 1.29 bits per heavy atom. The van der Waals surface area contributed by atoms with Gasteiger partial charge in [0.05, 0.1) is 0 Å². The number of hydrogen-bond acceptors (Lipinski definition) is 2. The van der Waals surface area contributed by atoms with E-state index in [-0.39, 0.29) is 0 Å². The van der Waals surface area contributed by atoms with Gasteiger partial charge < -0.3 is 10.2 Å². The van der Waals surface area contributed by atoms with Crippen molar-refractivity contribution in [2.45, 2.75) is 39.2 Å². The van der Waals surface area contributed by atoms with Gasteiger partial charge in [-0.05, 0) is 59.3 Å². The van der Waals surface area contributed by atoms with Crippen LogP contribution < -0.4 is 5.32 Å². The second-order valence-corrected chi connectivity index (χ2v) is 5.56. The van der Waals surface area contributed by atoms with Crippen LogP contribution in [0.4, 0.5) is 0 Å². The number of nitrogens with one attached hydrogen (secondary N) is 1. The lowest BCUT2D eigenvalue weighted by Crippen LogP contribution is -2.38. The second kappa shape index (κ2) is 7.91. The molecule has 0 aromatic rings. The zero-order valence-electron chi connectivity index (χ0n) is 11.3. The molecular weight excluding hydrogens is 232 g/mol. The molecule has 1 saturated heterocycles. The average Bonchev–Trinajstić information content (AvgIpc) is 2.78. The Morgan fingerprint density at radius 2 is 1.94 bits per heavy atom. The van der Waals surface area contributed by atoms with Gasteiger partial charge in [0.2, 0.25) is 0 Å². The van der Waals surface area contributed by atoms with Crippen LogP contribution in [0.25, 0.3) is 0 Å². The van der Waals surface area contributed by atoms with Crippen LogP contribution in [0.1, 0.15) is 33.1 Å². The van der Waals surface area contributed by atoms with Crippen LogP contribution >= 0.6 is 11.6 Å². The molecule has 1 unspecified atom stereocenters. The zero-order valence-corrected chi connectivity index (χ0v) is 12.1. The molecule has 17 heavy (non-hydrogen) atoms. The Kier molecular flexibility index (Phi) is 6.86. The third-order valence-electron chi connectivity index (χ3n) is 3.25. The predicted octanol–water partition coefficient (Wildman–Crippen LogP) is 3.15. The minimum Gasteiger partial charge on any atom is -0.315 e. The summed E-state index contributed by atoms with van der Waals surface area (Å²) in [7, 11) is 2.05. The molecule has 1 heterocycles. The Bertz CT molecular complexity index is 274. The summed E-state index contributed by atoms with van der Waals surface area (Å²) in [6.07, 6.45) is 7.91. The van der Waals surface area contributed by atoms with Gasteiger partial charge >= 0.3 is 0 Å².